The highest BCUT2D eigenvalue weighted by atomic mass is 32.2. The molecule has 28 heavy (non-hydrogen) atoms. The molecule has 2 amide bonds. The summed E-state index contributed by atoms with van der Waals surface area (Å²) in [4.78, 5) is 28.3. The second-order valence-corrected chi connectivity index (χ2v) is 9.55. The van der Waals surface area contributed by atoms with E-state index in [2.05, 4.69) is 29.5 Å². The fraction of sp³-hybridized carbons (Fsp3) is 0.389. The molecule has 0 spiro atoms. The van der Waals surface area contributed by atoms with Gasteiger partial charge in [0.05, 0.1) is 28.7 Å². The highest BCUT2D eigenvalue weighted by molar-refractivity contribution is 7.89. The van der Waals surface area contributed by atoms with Crippen molar-refractivity contribution in [2.75, 3.05) is 19.6 Å². The van der Waals surface area contributed by atoms with Crippen molar-refractivity contribution in [3.8, 4) is 0 Å². The summed E-state index contributed by atoms with van der Waals surface area (Å²) in [6.45, 7) is 4.75. The lowest BCUT2D eigenvalue weighted by atomic mass is 10.2. The first-order valence-corrected chi connectivity index (χ1v) is 11.2. The predicted octanol–water partition coefficient (Wildman–Crippen LogP) is 1.32. The number of carbonyl (C=O) groups excluding carboxylic acids is 2. The van der Waals surface area contributed by atoms with Crippen LogP contribution in [0.25, 0.3) is 0 Å². The third-order valence-electron chi connectivity index (χ3n) is 4.25. The van der Waals surface area contributed by atoms with Gasteiger partial charge in [0.25, 0.3) is 5.91 Å². The number of hydrogen-bond donors (Lipinski definition) is 2. The molecule has 150 valence electrons. The lowest BCUT2D eigenvalue weighted by Crippen LogP contribution is -2.49. The molecule has 1 saturated heterocycles. The van der Waals surface area contributed by atoms with E-state index in [1.807, 2.05) is 5.38 Å². The molecule has 3 rings (SSSR count). The van der Waals surface area contributed by atoms with Crippen LogP contribution in [0, 0.1) is 0 Å². The Labute approximate surface area is 168 Å². The highest BCUT2D eigenvalue weighted by Gasteiger charge is 2.29. The van der Waals surface area contributed by atoms with Gasteiger partial charge in [-0.3, -0.25) is 9.59 Å². The zero-order chi connectivity index (χ0) is 20.3. The van der Waals surface area contributed by atoms with Crippen LogP contribution in [-0.4, -0.2) is 49.2 Å². The first-order chi connectivity index (χ1) is 13.3. The van der Waals surface area contributed by atoms with Gasteiger partial charge in [-0.25, -0.2) is 13.4 Å². The molecule has 2 aromatic rings. The normalized spacial score (nSPS) is 15.5. The van der Waals surface area contributed by atoms with Crippen molar-refractivity contribution in [1.29, 1.82) is 0 Å². The molecule has 0 aliphatic carbocycles. The molecule has 2 N–H and O–H groups in total. The number of benzene rings is 1. The van der Waals surface area contributed by atoms with E-state index in [-0.39, 0.29) is 36.3 Å². The third kappa shape index (κ3) is 4.57. The number of thiazole rings is 1. The number of hydrogen-bond acceptors (Lipinski definition) is 6. The van der Waals surface area contributed by atoms with E-state index in [1.54, 1.807) is 11.3 Å². The van der Waals surface area contributed by atoms with Crippen molar-refractivity contribution in [2.45, 2.75) is 31.2 Å². The van der Waals surface area contributed by atoms with Crippen molar-refractivity contribution in [3.05, 3.63) is 45.9 Å². The van der Waals surface area contributed by atoms with E-state index < -0.39 is 10.0 Å². The van der Waals surface area contributed by atoms with Crippen molar-refractivity contribution in [2.24, 2.45) is 0 Å². The zero-order valence-electron chi connectivity index (χ0n) is 15.6. The maximum atomic E-state index is 12.6. The minimum absolute atomic E-state index is 0.0554. The summed E-state index contributed by atoms with van der Waals surface area (Å²) in [7, 11) is -3.77. The number of nitrogens with zero attached hydrogens (tertiary/aromatic N) is 2. The molecule has 1 aliphatic rings. The van der Waals surface area contributed by atoms with E-state index in [0.717, 1.165) is 15.0 Å². The number of aromatic nitrogens is 1. The fourth-order valence-corrected chi connectivity index (χ4v) is 4.92. The first-order valence-electron chi connectivity index (χ1n) is 8.87. The Morgan fingerprint density at radius 2 is 2.04 bits per heavy atom. The van der Waals surface area contributed by atoms with Gasteiger partial charge >= 0.3 is 0 Å². The lowest BCUT2D eigenvalue weighted by molar-refractivity contribution is -0.122. The third-order valence-corrected chi connectivity index (χ3v) is 7.30. The molecule has 1 fully saturated rings. The van der Waals surface area contributed by atoms with Gasteiger partial charge in [-0.05, 0) is 24.3 Å². The van der Waals surface area contributed by atoms with Crippen molar-refractivity contribution < 1.29 is 18.0 Å². The van der Waals surface area contributed by atoms with Crippen LogP contribution < -0.4 is 10.6 Å². The Bertz CT molecular complexity index is 968. The molecule has 2 heterocycles. The Morgan fingerprint density at radius 3 is 2.64 bits per heavy atom. The molecule has 0 unspecified atom stereocenters. The van der Waals surface area contributed by atoms with E-state index in [9.17, 15) is 18.0 Å². The largest absolute Gasteiger partial charge is 0.354 e. The zero-order valence-corrected chi connectivity index (χ0v) is 17.3. The van der Waals surface area contributed by atoms with Crippen molar-refractivity contribution in [3.63, 3.8) is 0 Å². The van der Waals surface area contributed by atoms with Gasteiger partial charge in [0.2, 0.25) is 15.9 Å². The number of nitrogens with one attached hydrogen (secondary N) is 2. The summed E-state index contributed by atoms with van der Waals surface area (Å²) in [5.41, 5.74) is 1.15. The summed E-state index contributed by atoms with van der Waals surface area (Å²) in [6.07, 6.45) is 0. The SMILES string of the molecule is CC(C)c1nc(CNC(=O)c2ccc(S(=O)(=O)N3CCNC(=O)C3)cc2)cs1. The minimum Gasteiger partial charge on any atom is -0.354 e. The minimum atomic E-state index is -3.77. The molecule has 0 bridgehead atoms. The van der Waals surface area contributed by atoms with Crippen LogP contribution in [0.5, 0.6) is 0 Å². The van der Waals surface area contributed by atoms with Crippen molar-refractivity contribution >= 4 is 33.2 Å². The maximum Gasteiger partial charge on any atom is 0.251 e. The van der Waals surface area contributed by atoms with Gasteiger partial charge in [-0.2, -0.15) is 4.31 Å². The number of amides is 2. The van der Waals surface area contributed by atoms with Crippen LogP contribution in [0.2, 0.25) is 0 Å². The number of sulfonamides is 1. The summed E-state index contributed by atoms with van der Waals surface area (Å²) in [5, 5.41) is 8.32. The maximum absolute atomic E-state index is 12.6. The second kappa shape index (κ2) is 8.38. The van der Waals surface area contributed by atoms with E-state index in [1.165, 1.54) is 24.3 Å². The van der Waals surface area contributed by atoms with Crippen LogP contribution in [0.3, 0.4) is 0 Å². The molecule has 1 aromatic carbocycles. The molecule has 10 heteroatoms. The molecular weight excluding hydrogens is 400 g/mol. The average Bonchev–Trinajstić information content (AvgIpc) is 3.15. The smallest absolute Gasteiger partial charge is 0.251 e. The monoisotopic (exact) mass is 422 g/mol. The predicted molar refractivity (Wildman–Crippen MR) is 106 cm³/mol. The van der Waals surface area contributed by atoms with Crippen LogP contribution >= 0.6 is 11.3 Å². The molecular formula is C18H22N4O4S2. The lowest BCUT2D eigenvalue weighted by Gasteiger charge is -2.25. The molecule has 1 aromatic heterocycles. The summed E-state index contributed by atoms with van der Waals surface area (Å²) in [5.74, 6) is -0.288. The Kier molecular flexibility index (Phi) is 6.11. The first kappa shape index (κ1) is 20.4. The topological polar surface area (TPSA) is 108 Å². The Morgan fingerprint density at radius 1 is 1.32 bits per heavy atom. The van der Waals surface area contributed by atoms with Crippen molar-refractivity contribution in [1.82, 2.24) is 19.9 Å². The van der Waals surface area contributed by atoms with Crippen LogP contribution in [0.15, 0.2) is 34.5 Å². The molecule has 1 aliphatic heterocycles. The number of piperazine rings is 1. The van der Waals surface area contributed by atoms with E-state index in [0.29, 0.717) is 18.0 Å². The number of carbonyl (C=O) groups is 2. The fourth-order valence-electron chi connectivity index (χ4n) is 2.69. The molecule has 0 atom stereocenters. The standard InChI is InChI=1S/C18H22N4O4S2/c1-12(2)18-21-14(11-27-18)9-20-17(24)13-3-5-15(6-4-13)28(25,26)22-8-7-19-16(23)10-22/h3-6,11-12H,7-10H2,1-2H3,(H,19,23)(H,20,24). The molecule has 8 nitrogen and oxygen atoms in total. The van der Waals surface area contributed by atoms with E-state index >= 15 is 0 Å². The number of rotatable bonds is 6. The second-order valence-electron chi connectivity index (χ2n) is 6.73. The van der Waals surface area contributed by atoms with Crippen LogP contribution in [-0.2, 0) is 21.4 Å². The summed E-state index contributed by atoms with van der Waals surface area (Å²) < 4.78 is 26.4. The van der Waals surface area contributed by atoms with Gasteiger partial charge in [0.1, 0.15) is 0 Å². The summed E-state index contributed by atoms with van der Waals surface area (Å²) >= 11 is 1.56. The Hall–Kier alpha value is -2.30. The quantitative estimate of drug-likeness (QED) is 0.730. The Balaban J connectivity index is 1.64. The molecule has 0 radical (unpaired) electrons. The summed E-state index contributed by atoms with van der Waals surface area (Å²) in [6, 6.07) is 5.70. The molecule has 0 saturated carbocycles. The average molecular weight is 423 g/mol. The van der Waals surface area contributed by atoms with Gasteiger partial charge in [0, 0.05) is 30.0 Å². The van der Waals surface area contributed by atoms with Crippen LogP contribution in [0.4, 0.5) is 0 Å². The van der Waals surface area contributed by atoms with E-state index in [4.69, 9.17) is 0 Å². The highest BCUT2D eigenvalue weighted by Crippen LogP contribution is 2.19. The van der Waals surface area contributed by atoms with Crippen LogP contribution in [0.1, 0.15) is 40.8 Å². The van der Waals surface area contributed by atoms with Gasteiger partial charge in [0.15, 0.2) is 0 Å². The van der Waals surface area contributed by atoms with Gasteiger partial charge in [-0.1, -0.05) is 13.8 Å². The van der Waals surface area contributed by atoms with Gasteiger partial charge < -0.3 is 10.6 Å². The van der Waals surface area contributed by atoms with Gasteiger partial charge in [-0.15, -0.1) is 11.3 Å².